The van der Waals surface area contributed by atoms with Gasteiger partial charge in [-0.3, -0.25) is 14.4 Å². The molecule has 1 amide bonds. The molecule has 0 aromatic heterocycles. The molecule has 0 aliphatic rings. The van der Waals surface area contributed by atoms with E-state index in [1.165, 1.54) is 6.92 Å². The van der Waals surface area contributed by atoms with Crippen molar-refractivity contribution in [2.45, 2.75) is 52.2 Å². The predicted molar refractivity (Wildman–Crippen MR) is 114 cm³/mol. The minimum absolute atomic E-state index is 0.0166. The third-order valence-corrected chi connectivity index (χ3v) is 4.54. The molecule has 2 aromatic rings. The van der Waals surface area contributed by atoms with Gasteiger partial charge in [0.2, 0.25) is 0 Å². The minimum Gasteiger partial charge on any atom is -0.494 e. The van der Waals surface area contributed by atoms with Gasteiger partial charge >= 0.3 is 5.97 Å². The van der Waals surface area contributed by atoms with E-state index >= 15 is 0 Å². The van der Waals surface area contributed by atoms with Crippen LogP contribution in [-0.2, 0) is 14.3 Å². The Bertz CT molecular complexity index is 832. The quantitative estimate of drug-likeness (QED) is 0.442. The molecule has 0 heterocycles. The summed E-state index contributed by atoms with van der Waals surface area (Å²) >= 11 is 0. The molecule has 0 aliphatic carbocycles. The van der Waals surface area contributed by atoms with Crippen LogP contribution in [0.25, 0.3) is 0 Å². The van der Waals surface area contributed by atoms with Gasteiger partial charge in [0.25, 0.3) is 5.91 Å². The Morgan fingerprint density at radius 2 is 1.60 bits per heavy atom. The van der Waals surface area contributed by atoms with Gasteiger partial charge in [-0.05, 0) is 50.1 Å². The normalized spacial score (nSPS) is 12.5. The minimum atomic E-state index is -0.936. The molecule has 2 rings (SSSR count). The van der Waals surface area contributed by atoms with Gasteiger partial charge in [-0.2, -0.15) is 0 Å². The molecule has 0 saturated carbocycles. The van der Waals surface area contributed by atoms with Crippen molar-refractivity contribution < 1.29 is 23.9 Å². The van der Waals surface area contributed by atoms with E-state index in [1.54, 1.807) is 24.3 Å². The number of Topliss-reactive ketones (excluding diaryl/α,β-unsaturated/α-hetero) is 1. The summed E-state index contributed by atoms with van der Waals surface area (Å²) < 4.78 is 10.7. The van der Waals surface area contributed by atoms with E-state index in [0.29, 0.717) is 17.9 Å². The van der Waals surface area contributed by atoms with E-state index < -0.39 is 12.1 Å². The van der Waals surface area contributed by atoms with E-state index in [0.717, 1.165) is 12.0 Å². The van der Waals surface area contributed by atoms with E-state index in [1.807, 2.05) is 44.2 Å². The van der Waals surface area contributed by atoms with Gasteiger partial charge in [0, 0.05) is 12.0 Å². The maximum absolute atomic E-state index is 12.3. The standard InChI is InChI=1S/C24H29NO5/c1-4-16-29-21-12-10-20(11-13-21)22(26)14-15-23(27)30-18(3)24(28)25-17(2)19-8-6-5-7-9-19/h5-13,17-18H,4,14-16H2,1-3H3,(H,25,28). The lowest BCUT2D eigenvalue weighted by Crippen LogP contribution is -2.37. The molecule has 6 nitrogen and oxygen atoms in total. The van der Waals surface area contributed by atoms with Crippen molar-refractivity contribution in [1.29, 1.82) is 0 Å². The van der Waals surface area contributed by atoms with Gasteiger partial charge in [-0.15, -0.1) is 0 Å². The lowest BCUT2D eigenvalue weighted by molar-refractivity contribution is -0.155. The first-order valence-corrected chi connectivity index (χ1v) is 10.2. The highest BCUT2D eigenvalue weighted by atomic mass is 16.5. The predicted octanol–water partition coefficient (Wildman–Crippen LogP) is 4.25. The average Bonchev–Trinajstić information content (AvgIpc) is 2.76. The molecule has 0 bridgehead atoms. The molecule has 2 atom stereocenters. The monoisotopic (exact) mass is 411 g/mol. The lowest BCUT2D eigenvalue weighted by atomic mass is 10.1. The molecular weight excluding hydrogens is 382 g/mol. The Morgan fingerprint density at radius 1 is 0.933 bits per heavy atom. The van der Waals surface area contributed by atoms with Crippen LogP contribution < -0.4 is 10.1 Å². The van der Waals surface area contributed by atoms with Crippen molar-refractivity contribution in [1.82, 2.24) is 5.32 Å². The highest BCUT2D eigenvalue weighted by molar-refractivity contribution is 5.97. The average molecular weight is 411 g/mol. The van der Waals surface area contributed by atoms with Crippen LogP contribution in [0, 0.1) is 0 Å². The van der Waals surface area contributed by atoms with Crippen molar-refractivity contribution in [3.8, 4) is 5.75 Å². The summed E-state index contributed by atoms with van der Waals surface area (Å²) in [6, 6.07) is 16.1. The number of hydrogen-bond acceptors (Lipinski definition) is 5. The zero-order valence-electron chi connectivity index (χ0n) is 17.7. The molecule has 6 heteroatoms. The molecular formula is C24H29NO5. The summed E-state index contributed by atoms with van der Waals surface area (Å²) in [7, 11) is 0. The van der Waals surface area contributed by atoms with Crippen LogP contribution in [0.15, 0.2) is 54.6 Å². The van der Waals surface area contributed by atoms with Crippen LogP contribution >= 0.6 is 0 Å². The van der Waals surface area contributed by atoms with Crippen molar-refractivity contribution in [2.75, 3.05) is 6.61 Å². The maximum Gasteiger partial charge on any atom is 0.307 e. The van der Waals surface area contributed by atoms with Gasteiger partial charge in [0.15, 0.2) is 11.9 Å². The molecule has 0 radical (unpaired) electrons. The zero-order valence-corrected chi connectivity index (χ0v) is 17.7. The molecule has 2 unspecified atom stereocenters. The first kappa shape index (κ1) is 23.1. The maximum atomic E-state index is 12.3. The molecule has 1 N–H and O–H groups in total. The zero-order chi connectivity index (χ0) is 21.9. The number of benzene rings is 2. The number of carbonyl (C=O) groups excluding carboxylic acids is 3. The van der Waals surface area contributed by atoms with Crippen LogP contribution in [0.2, 0.25) is 0 Å². The van der Waals surface area contributed by atoms with Crippen LogP contribution in [0.3, 0.4) is 0 Å². The Morgan fingerprint density at radius 3 is 2.23 bits per heavy atom. The summed E-state index contributed by atoms with van der Waals surface area (Å²) in [6.07, 6.45) is -0.0971. The fourth-order valence-electron chi connectivity index (χ4n) is 2.78. The number of carbonyl (C=O) groups is 3. The molecule has 0 aliphatic heterocycles. The molecule has 0 fully saturated rings. The second kappa shape index (κ2) is 11.8. The first-order valence-electron chi connectivity index (χ1n) is 10.2. The van der Waals surface area contributed by atoms with Crippen molar-refractivity contribution >= 4 is 17.7 Å². The molecule has 0 spiro atoms. The topological polar surface area (TPSA) is 81.7 Å². The van der Waals surface area contributed by atoms with Gasteiger partial charge in [-0.25, -0.2) is 0 Å². The Labute approximate surface area is 177 Å². The number of ketones is 1. The van der Waals surface area contributed by atoms with Crippen LogP contribution in [-0.4, -0.2) is 30.4 Å². The Kier molecular flexibility index (Phi) is 9.06. The van der Waals surface area contributed by atoms with Crippen LogP contribution in [0.1, 0.15) is 62.0 Å². The summed E-state index contributed by atoms with van der Waals surface area (Å²) in [4.78, 5) is 36.6. The van der Waals surface area contributed by atoms with Crippen molar-refractivity contribution in [3.63, 3.8) is 0 Å². The smallest absolute Gasteiger partial charge is 0.307 e. The molecule has 30 heavy (non-hydrogen) atoms. The molecule has 2 aromatic carbocycles. The number of nitrogens with one attached hydrogen (secondary N) is 1. The second-order valence-electron chi connectivity index (χ2n) is 7.07. The number of ether oxygens (including phenoxy) is 2. The van der Waals surface area contributed by atoms with Crippen molar-refractivity contribution in [3.05, 3.63) is 65.7 Å². The number of rotatable bonds is 11. The van der Waals surface area contributed by atoms with E-state index in [9.17, 15) is 14.4 Å². The summed E-state index contributed by atoms with van der Waals surface area (Å²) in [5, 5.41) is 2.82. The molecule has 0 saturated heterocycles. The third kappa shape index (κ3) is 7.35. The summed E-state index contributed by atoms with van der Waals surface area (Å²) in [5.41, 5.74) is 1.47. The highest BCUT2D eigenvalue weighted by Crippen LogP contribution is 2.15. The SMILES string of the molecule is CCCOc1ccc(C(=O)CCC(=O)OC(C)C(=O)NC(C)c2ccccc2)cc1. The summed E-state index contributed by atoms with van der Waals surface area (Å²) in [6.45, 7) is 6.02. The number of esters is 1. The van der Waals surface area contributed by atoms with Crippen molar-refractivity contribution in [2.24, 2.45) is 0 Å². The Hall–Kier alpha value is -3.15. The molecule has 160 valence electrons. The second-order valence-corrected chi connectivity index (χ2v) is 7.07. The van der Waals surface area contributed by atoms with Gasteiger partial charge < -0.3 is 14.8 Å². The van der Waals surface area contributed by atoms with E-state index in [4.69, 9.17) is 9.47 Å². The van der Waals surface area contributed by atoms with E-state index in [2.05, 4.69) is 5.32 Å². The fourth-order valence-corrected chi connectivity index (χ4v) is 2.78. The third-order valence-electron chi connectivity index (χ3n) is 4.54. The fraction of sp³-hybridized carbons (Fsp3) is 0.375. The number of amides is 1. The van der Waals surface area contributed by atoms with Gasteiger partial charge in [-0.1, -0.05) is 37.3 Å². The first-order chi connectivity index (χ1) is 14.4. The highest BCUT2D eigenvalue weighted by Gasteiger charge is 2.20. The van der Waals surface area contributed by atoms with Crippen LogP contribution in [0.4, 0.5) is 0 Å². The largest absolute Gasteiger partial charge is 0.494 e. The summed E-state index contributed by atoms with van der Waals surface area (Å²) in [5.74, 6) is -0.420. The van der Waals surface area contributed by atoms with Crippen LogP contribution in [0.5, 0.6) is 5.75 Å². The van der Waals surface area contributed by atoms with Gasteiger partial charge in [0.1, 0.15) is 5.75 Å². The Balaban J connectivity index is 1.76. The van der Waals surface area contributed by atoms with E-state index in [-0.39, 0.29) is 30.6 Å². The lowest BCUT2D eigenvalue weighted by Gasteiger charge is -2.18. The van der Waals surface area contributed by atoms with Gasteiger partial charge in [0.05, 0.1) is 19.1 Å². The number of hydrogen-bond donors (Lipinski definition) is 1.